The van der Waals surface area contributed by atoms with E-state index < -0.39 is 5.41 Å². The van der Waals surface area contributed by atoms with Gasteiger partial charge in [0.25, 0.3) is 0 Å². The van der Waals surface area contributed by atoms with Gasteiger partial charge >= 0.3 is 0 Å². The van der Waals surface area contributed by atoms with Crippen molar-refractivity contribution < 1.29 is 0 Å². The third-order valence-electron chi connectivity index (χ3n) is 20.1. The first-order chi connectivity index (χ1) is 38.6. The van der Waals surface area contributed by atoms with Crippen molar-refractivity contribution in [2.24, 2.45) is 23.7 Å². The fourth-order valence-electron chi connectivity index (χ4n) is 17.0. The lowest BCUT2D eigenvalue weighted by Gasteiger charge is -2.36. The first kappa shape index (κ1) is 46.9. The molecule has 0 aromatic heterocycles. The molecule has 0 aliphatic heterocycles. The highest BCUT2D eigenvalue weighted by atomic mass is 15.2. The molecule has 7 aliphatic rings. The van der Waals surface area contributed by atoms with Crippen LogP contribution in [0.2, 0.25) is 0 Å². The second-order valence-corrected chi connectivity index (χ2v) is 25.6. The van der Waals surface area contributed by atoms with Gasteiger partial charge in [-0.1, -0.05) is 192 Å². The Hall–Kier alpha value is -8.20. The van der Waals surface area contributed by atoms with Crippen LogP contribution >= 0.6 is 0 Å². The van der Waals surface area contributed by atoms with E-state index in [-0.39, 0.29) is 10.8 Å². The third kappa shape index (κ3) is 6.76. The Morgan fingerprint density at radius 3 is 1.47 bits per heavy atom. The summed E-state index contributed by atoms with van der Waals surface area (Å²) in [6, 6.07) is 88.7. The highest BCUT2D eigenvalue weighted by molar-refractivity contribution is 6.01. The van der Waals surface area contributed by atoms with Gasteiger partial charge in [0.15, 0.2) is 0 Å². The lowest BCUT2D eigenvalue weighted by atomic mass is 9.69. The number of hydrogen-bond donors (Lipinski definition) is 0. The predicted octanol–water partition coefficient (Wildman–Crippen LogP) is 20.4. The largest absolute Gasteiger partial charge is 0.310 e. The molecule has 7 aliphatic carbocycles. The summed E-state index contributed by atoms with van der Waals surface area (Å²) in [7, 11) is 0. The Labute approximate surface area is 467 Å². The van der Waals surface area contributed by atoms with Crippen LogP contribution in [0.3, 0.4) is 0 Å². The average Bonchev–Trinajstić information content (AvgIpc) is 2.67. The summed E-state index contributed by atoms with van der Waals surface area (Å²) in [5, 5.41) is 0. The molecule has 79 heavy (non-hydrogen) atoms. The van der Waals surface area contributed by atoms with E-state index >= 15 is 0 Å². The number of para-hydroxylation sites is 2. The number of benzene rings is 10. The number of rotatable bonds is 8. The van der Waals surface area contributed by atoms with Crippen molar-refractivity contribution in [1.82, 2.24) is 0 Å². The van der Waals surface area contributed by atoms with E-state index in [0.717, 1.165) is 40.7 Å². The molecule has 0 heterocycles. The standard InChI is InChI=1S/C77H66N2/c1-75(2,3)71-45-64-59-29-17-20-32-68(59)77(70(64)47-73(71)79(54-25-13-8-14-26-54)56-37-38-66-62(43-56)57-27-15-18-30-65(57)76(66,4)5)67-31-19-16-28-58(67)63-44-60(49-21-9-6-10-22-49)72(46-69(63)77)78(53-23-11-7-12-24-53)55-35-33-50(34-36-55)74-52-40-48-39-51(42-52)61(74)41-48/h6-38,43-48,51-52,61,74H,39-42H2,1-5H3. The van der Waals surface area contributed by atoms with Crippen LogP contribution in [0.1, 0.15) is 111 Å². The van der Waals surface area contributed by atoms with E-state index in [2.05, 4.69) is 275 Å². The molecule has 0 amide bonds. The maximum atomic E-state index is 2.63. The minimum Gasteiger partial charge on any atom is -0.310 e. The predicted molar refractivity (Wildman–Crippen MR) is 329 cm³/mol. The van der Waals surface area contributed by atoms with Gasteiger partial charge in [0.2, 0.25) is 0 Å². The summed E-state index contributed by atoms with van der Waals surface area (Å²) < 4.78 is 0. The van der Waals surface area contributed by atoms with Gasteiger partial charge in [-0.3, -0.25) is 0 Å². The molecule has 2 nitrogen and oxygen atoms in total. The third-order valence-corrected chi connectivity index (χ3v) is 20.1. The molecule has 6 unspecified atom stereocenters. The Bertz CT molecular complexity index is 4070. The van der Waals surface area contributed by atoms with Gasteiger partial charge in [-0.15, -0.1) is 0 Å². The number of nitrogens with zero attached hydrogens (tertiary/aromatic N) is 2. The van der Waals surface area contributed by atoms with E-state index in [1.54, 1.807) is 5.56 Å². The van der Waals surface area contributed by atoms with Gasteiger partial charge in [-0.25, -0.2) is 0 Å². The second kappa shape index (κ2) is 17.1. The van der Waals surface area contributed by atoms with E-state index in [1.165, 1.54) is 126 Å². The molecule has 4 bridgehead atoms. The van der Waals surface area contributed by atoms with Crippen molar-refractivity contribution in [2.75, 3.05) is 9.80 Å². The lowest BCUT2D eigenvalue weighted by Crippen LogP contribution is -2.27. The first-order valence-corrected chi connectivity index (χ1v) is 29.2. The summed E-state index contributed by atoms with van der Waals surface area (Å²) in [6.07, 6.45) is 5.75. The van der Waals surface area contributed by atoms with Crippen molar-refractivity contribution in [3.8, 4) is 44.5 Å². The maximum absolute atomic E-state index is 2.63. The number of hydrogen-bond acceptors (Lipinski definition) is 2. The molecule has 384 valence electrons. The van der Waals surface area contributed by atoms with Crippen molar-refractivity contribution in [3.63, 3.8) is 0 Å². The molecule has 2 heteroatoms. The molecule has 4 fully saturated rings. The van der Waals surface area contributed by atoms with Crippen LogP contribution in [0.25, 0.3) is 44.5 Å². The van der Waals surface area contributed by atoms with E-state index in [4.69, 9.17) is 0 Å². The van der Waals surface area contributed by atoms with Gasteiger partial charge < -0.3 is 9.80 Å². The van der Waals surface area contributed by atoms with Crippen LogP contribution in [-0.4, -0.2) is 0 Å². The monoisotopic (exact) mass is 1020 g/mol. The summed E-state index contributed by atoms with van der Waals surface area (Å²) >= 11 is 0. The molecule has 1 spiro atoms. The molecule has 0 N–H and O–H groups in total. The van der Waals surface area contributed by atoms with Crippen LogP contribution in [0, 0.1) is 23.7 Å². The summed E-state index contributed by atoms with van der Waals surface area (Å²) in [5.41, 5.74) is 27.3. The van der Waals surface area contributed by atoms with Crippen LogP contribution in [0.15, 0.2) is 231 Å². The SMILES string of the molecule is CC(C)(C)c1cc2c(cc1N(c1ccccc1)c1ccc3c(c1)-c1ccccc1C3(C)C)C1(c3ccccc3-c3cc(-c4ccccc4)c(N(c4ccccc4)c4ccc(C5C6CC7CC(C6)C5C7)cc4)cc31)c1ccccc1-2. The first-order valence-electron chi connectivity index (χ1n) is 29.2. The quantitative estimate of drug-likeness (QED) is 0.150. The fraction of sp³-hybridized carbons (Fsp3) is 0.221. The van der Waals surface area contributed by atoms with Gasteiger partial charge in [-0.05, 0) is 217 Å². The van der Waals surface area contributed by atoms with Crippen LogP contribution in [0.5, 0.6) is 0 Å². The van der Waals surface area contributed by atoms with Crippen molar-refractivity contribution in [2.45, 2.75) is 82.5 Å². The average molecular weight is 1020 g/mol. The van der Waals surface area contributed by atoms with Crippen molar-refractivity contribution in [1.29, 1.82) is 0 Å². The highest BCUT2D eigenvalue weighted by Gasteiger charge is 2.55. The van der Waals surface area contributed by atoms with Crippen LogP contribution in [-0.2, 0) is 16.2 Å². The summed E-state index contributed by atoms with van der Waals surface area (Å²) in [5.74, 6) is 4.28. The minimum atomic E-state index is -0.636. The Kier molecular flexibility index (Phi) is 10.2. The zero-order chi connectivity index (χ0) is 52.9. The molecular formula is C77H66N2. The molecular weight excluding hydrogens is 953 g/mol. The highest BCUT2D eigenvalue weighted by Crippen LogP contribution is 2.67. The van der Waals surface area contributed by atoms with Gasteiger partial charge in [0.1, 0.15) is 0 Å². The topological polar surface area (TPSA) is 6.48 Å². The molecule has 0 saturated heterocycles. The number of anilines is 6. The van der Waals surface area contributed by atoms with Gasteiger partial charge in [0, 0.05) is 33.7 Å². The summed E-state index contributed by atoms with van der Waals surface area (Å²) in [4.78, 5) is 5.13. The Morgan fingerprint density at radius 1 is 0.367 bits per heavy atom. The normalized spacial score (nSPS) is 21.8. The summed E-state index contributed by atoms with van der Waals surface area (Å²) in [6.45, 7) is 11.9. The van der Waals surface area contributed by atoms with Crippen LogP contribution < -0.4 is 9.80 Å². The zero-order valence-corrected chi connectivity index (χ0v) is 46.0. The van der Waals surface area contributed by atoms with Gasteiger partial charge in [0.05, 0.1) is 16.8 Å². The fourth-order valence-corrected chi connectivity index (χ4v) is 17.0. The lowest BCUT2D eigenvalue weighted by molar-refractivity contribution is 0.249. The zero-order valence-electron chi connectivity index (χ0n) is 46.0. The van der Waals surface area contributed by atoms with E-state index in [1.807, 2.05) is 0 Å². The Balaban J connectivity index is 0.956. The molecule has 4 saturated carbocycles. The molecule has 10 aromatic carbocycles. The Morgan fingerprint density at radius 2 is 0.848 bits per heavy atom. The van der Waals surface area contributed by atoms with Crippen molar-refractivity contribution >= 4 is 34.1 Å². The molecule has 17 rings (SSSR count). The second-order valence-electron chi connectivity index (χ2n) is 25.6. The van der Waals surface area contributed by atoms with Crippen LogP contribution in [0.4, 0.5) is 34.1 Å². The minimum absolute atomic E-state index is 0.0960. The van der Waals surface area contributed by atoms with Gasteiger partial charge in [-0.2, -0.15) is 0 Å². The molecule has 10 aromatic rings. The smallest absolute Gasteiger partial charge is 0.0727 e. The van der Waals surface area contributed by atoms with E-state index in [0.29, 0.717) is 5.92 Å². The van der Waals surface area contributed by atoms with Crippen molar-refractivity contribution in [3.05, 3.63) is 275 Å². The van der Waals surface area contributed by atoms with E-state index in [9.17, 15) is 0 Å². The molecule has 0 radical (unpaired) electrons. The number of fused-ring (bicyclic) bond motifs is 13. The maximum Gasteiger partial charge on any atom is 0.0727 e. The molecule has 6 atom stereocenters.